The van der Waals surface area contributed by atoms with E-state index in [2.05, 4.69) is 18.8 Å². The third kappa shape index (κ3) is 4.79. The SMILES string of the molecule is C=C(/C=C(\CC)NCOC)OC. The number of hydrogen-bond donors (Lipinski definition) is 1. The first kappa shape index (κ1) is 11.0. The molecule has 0 saturated heterocycles. The predicted molar refractivity (Wildman–Crippen MR) is 49.5 cm³/mol. The van der Waals surface area contributed by atoms with Crippen LogP contribution in [-0.4, -0.2) is 21.0 Å². The Morgan fingerprint density at radius 2 is 2.17 bits per heavy atom. The van der Waals surface area contributed by atoms with Gasteiger partial charge in [0, 0.05) is 12.8 Å². The van der Waals surface area contributed by atoms with E-state index in [1.165, 1.54) is 0 Å². The molecule has 0 fully saturated rings. The van der Waals surface area contributed by atoms with Crippen molar-refractivity contribution in [3.63, 3.8) is 0 Å². The normalized spacial score (nSPS) is 11.1. The third-order valence-corrected chi connectivity index (χ3v) is 1.42. The van der Waals surface area contributed by atoms with Crippen molar-refractivity contribution < 1.29 is 9.47 Å². The van der Waals surface area contributed by atoms with E-state index in [-0.39, 0.29) is 0 Å². The molecule has 12 heavy (non-hydrogen) atoms. The van der Waals surface area contributed by atoms with Gasteiger partial charge in [-0.1, -0.05) is 13.5 Å². The molecule has 3 heteroatoms. The van der Waals surface area contributed by atoms with Gasteiger partial charge in [-0.2, -0.15) is 0 Å². The van der Waals surface area contributed by atoms with E-state index in [4.69, 9.17) is 9.47 Å². The molecule has 0 spiro atoms. The van der Waals surface area contributed by atoms with Gasteiger partial charge in [0.1, 0.15) is 12.5 Å². The molecule has 0 bridgehead atoms. The van der Waals surface area contributed by atoms with Gasteiger partial charge in [-0.15, -0.1) is 0 Å². The Balaban J connectivity index is 3.94. The van der Waals surface area contributed by atoms with Gasteiger partial charge in [-0.25, -0.2) is 0 Å². The molecule has 0 rings (SSSR count). The maximum atomic E-state index is 4.91. The second-order valence-electron chi connectivity index (χ2n) is 2.30. The molecule has 0 radical (unpaired) electrons. The van der Waals surface area contributed by atoms with Gasteiger partial charge in [0.2, 0.25) is 0 Å². The maximum absolute atomic E-state index is 4.91. The van der Waals surface area contributed by atoms with Gasteiger partial charge in [0.15, 0.2) is 0 Å². The molecule has 3 nitrogen and oxygen atoms in total. The highest BCUT2D eigenvalue weighted by Crippen LogP contribution is 2.01. The molecule has 0 unspecified atom stereocenters. The zero-order valence-electron chi connectivity index (χ0n) is 8.02. The minimum Gasteiger partial charge on any atom is -0.497 e. The van der Waals surface area contributed by atoms with E-state index < -0.39 is 0 Å². The van der Waals surface area contributed by atoms with Gasteiger partial charge in [0.05, 0.1) is 7.11 Å². The lowest BCUT2D eigenvalue weighted by Crippen LogP contribution is -2.15. The van der Waals surface area contributed by atoms with E-state index in [1.807, 2.05) is 6.08 Å². The molecule has 0 aromatic carbocycles. The first-order valence-electron chi connectivity index (χ1n) is 3.90. The lowest BCUT2D eigenvalue weighted by molar-refractivity contribution is 0.183. The summed E-state index contributed by atoms with van der Waals surface area (Å²) >= 11 is 0. The number of methoxy groups -OCH3 is 2. The van der Waals surface area contributed by atoms with Crippen molar-refractivity contribution in [2.45, 2.75) is 13.3 Å². The fourth-order valence-electron chi connectivity index (χ4n) is 0.696. The molecule has 0 amide bonds. The van der Waals surface area contributed by atoms with Crippen molar-refractivity contribution in [3.8, 4) is 0 Å². The summed E-state index contributed by atoms with van der Waals surface area (Å²) < 4.78 is 9.78. The Labute approximate surface area is 74.1 Å². The van der Waals surface area contributed by atoms with Gasteiger partial charge >= 0.3 is 0 Å². The van der Waals surface area contributed by atoms with Crippen LogP contribution in [0.1, 0.15) is 13.3 Å². The Bertz CT molecular complexity index is 164. The van der Waals surface area contributed by atoms with Gasteiger partial charge < -0.3 is 14.8 Å². The molecule has 70 valence electrons. The first-order chi connectivity index (χ1) is 5.74. The van der Waals surface area contributed by atoms with Crippen molar-refractivity contribution in [2.75, 3.05) is 21.0 Å². The molecule has 0 aliphatic heterocycles. The van der Waals surface area contributed by atoms with Crippen LogP contribution in [0.15, 0.2) is 24.1 Å². The number of rotatable bonds is 6. The standard InChI is InChI=1S/C9H17NO2/c1-5-9(10-7-11-3)6-8(2)12-4/h6,10H,2,5,7H2,1,3-4H3/b9-6+. The van der Waals surface area contributed by atoms with Crippen LogP contribution in [0.4, 0.5) is 0 Å². The van der Waals surface area contributed by atoms with Gasteiger partial charge in [-0.05, 0) is 12.5 Å². The quantitative estimate of drug-likeness (QED) is 0.374. The molecule has 0 aromatic heterocycles. The summed E-state index contributed by atoms with van der Waals surface area (Å²) in [6, 6.07) is 0. The van der Waals surface area contributed by atoms with Crippen LogP contribution >= 0.6 is 0 Å². The Hall–Kier alpha value is -0.960. The molecule has 0 atom stereocenters. The van der Waals surface area contributed by atoms with Crippen LogP contribution in [0.25, 0.3) is 0 Å². The summed E-state index contributed by atoms with van der Waals surface area (Å²) in [5.41, 5.74) is 1.06. The van der Waals surface area contributed by atoms with Crippen LogP contribution in [0.2, 0.25) is 0 Å². The Morgan fingerprint density at radius 3 is 2.58 bits per heavy atom. The van der Waals surface area contributed by atoms with E-state index in [0.29, 0.717) is 12.5 Å². The fraction of sp³-hybridized carbons (Fsp3) is 0.556. The summed E-state index contributed by atoms with van der Waals surface area (Å²) in [5, 5.41) is 3.08. The zero-order chi connectivity index (χ0) is 9.40. The van der Waals surface area contributed by atoms with Crippen molar-refractivity contribution in [2.24, 2.45) is 0 Å². The zero-order valence-corrected chi connectivity index (χ0v) is 8.02. The Kier molecular flexibility index (Phi) is 6.19. The molecule has 1 N–H and O–H groups in total. The van der Waals surface area contributed by atoms with Crippen LogP contribution in [-0.2, 0) is 9.47 Å². The number of ether oxygens (including phenoxy) is 2. The first-order valence-corrected chi connectivity index (χ1v) is 3.90. The van der Waals surface area contributed by atoms with Gasteiger partial charge in [0.25, 0.3) is 0 Å². The second-order valence-corrected chi connectivity index (χ2v) is 2.30. The topological polar surface area (TPSA) is 30.5 Å². The van der Waals surface area contributed by atoms with Crippen LogP contribution in [0.3, 0.4) is 0 Å². The minimum absolute atomic E-state index is 0.511. The smallest absolute Gasteiger partial charge is 0.115 e. The molecular weight excluding hydrogens is 154 g/mol. The van der Waals surface area contributed by atoms with E-state index in [1.54, 1.807) is 14.2 Å². The highest BCUT2D eigenvalue weighted by molar-refractivity contribution is 5.13. The minimum atomic E-state index is 0.511. The van der Waals surface area contributed by atoms with Crippen molar-refractivity contribution >= 4 is 0 Å². The lowest BCUT2D eigenvalue weighted by atomic mass is 10.3. The largest absolute Gasteiger partial charge is 0.497 e. The Morgan fingerprint density at radius 1 is 1.50 bits per heavy atom. The number of allylic oxidation sites excluding steroid dienone is 2. The van der Waals surface area contributed by atoms with Crippen molar-refractivity contribution in [1.29, 1.82) is 0 Å². The molecule has 0 aliphatic rings. The second kappa shape index (κ2) is 6.73. The van der Waals surface area contributed by atoms with Gasteiger partial charge in [-0.3, -0.25) is 0 Å². The van der Waals surface area contributed by atoms with Crippen LogP contribution < -0.4 is 5.32 Å². The predicted octanol–water partition coefficient (Wildman–Crippen LogP) is 1.63. The summed E-state index contributed by atoms with van der Waals surface area (Å²) in [6.45, 7) is 6.25. The van der Waals surface area contributed by atoms with E-state index in [0.717, 1.165) is 12.1 Å². The molecule has 0 saturated carbocycles. The summed E-state index contributed by atoms with van der Waals surface area (Å²) in [4.78, 5) is 0. The summed E-state index contributed by atoms with van der Waals surface area (Å²) in [6.07, 6.45) is 2.77. The number of hydrogen-bond acceptors (Lipinski definition) is 3. The summed E-state index contributed by atoms with van der Waals surface area (Å²) in [5.74, 6) is 0.649. The van der Waals surface area contributed by atoms with E-state index >= 15 is 0 Å². The molecule has 0 aromatic rings. The highest BCUT2D eigenvalue weighted by atomic mass is 16.5. The third-order valence-electron chi connectivity index (χ3n) is 1.42. The lowest BCUT2D eigenvalue weighted by Gasteiger charge is -2.08. The molecular formula is C9H17NO2. The van der Waals surface area contributed by atoms with E-state index in [9.17, 15) is 0 Å². The monoisotopic (exact) mass is 171 g/mol. The summed E-state index contributed by atoms with van der Waals surface area (Å²) in [7, 11) is 3.24. The maximum Gasteiger partial charge on any atom is 0.115 e. The number of nitrogens with one attached hydrogen (secondary N) is 1. The van der Waals surface area contributed by atoms with Crippen LogP contribution in [0, 0.1) is 0 Å². The molecule has 0 heterocycles. The highest BCUT2D eigenvalue weighted by Gasteiger charge is 1.93. The van der Waals surface area contributed by atoms with Crippen molar-refractivity contribution in [3.05, 3.63) is 24.1 Å². The van der Waals surface area contributed by atoms with Crippen molar-refractivity contribution in [1.82, 2.24) is 5.32 Å². The van der Waals surface area contributed by atoms with Crippen LogP contribution in [0.5, 0.6) is 0 Å². The molecule has 0 aliphatic carbocycles. The average molecular weight is 171 g/mol. The fourth-order valence-corrected chi connectivity index (χ4v) is 0.696. The average Bonchev–Trinajstić information content (AvgIpc) is 2.11.